The molecular formula is C14H19N5O2S. The Morgan fingerprint density at radius 3 is 2.82 bits per heavy atom. The van der Waals surface area contributed by atoms with Crippen LogP contribution in [0.15, 0.2) is 29.8 Å². The van der Waals surface area contributed by atoms with Crippen LogP contribution in [0.2, 0.25) is 0 Å². The van der Waals surface area contributed by atoms with Crippen LogP contribution in [0.25, 0.3) is 0 Å². The average molecular weight is 321 g/mol. The number of amides is 2. The van der Waals surface area contributed by atoms with E-state index in [1.54, 1.807) is 12.6 Å². The number of anilines is 1. The van der Waals surface area contributed by atoms with E-state index in [4.69, 9.17) is 4.74 Å². The van der Waals surface area contributed by atoms with Crippen molar-refractivity contribution in [2.24, 2.45) is 0 Å². The summed E-state index contributed by atoms with van der Waals surface area (Å²) in [6, 6.07) is 7.47. The highest BCUT2D eigenvalue weighted by Gasteiger charge is 2.19. The zero-order valence-electron chi connectivity index (χ0n) is 12.7. The molecular weight excluding hydrogens is 302 g/mol. The van der Waals surface area contributed by atoms with E-state index in [9.17, 15) is 4.79 Å². The van der Waals surface area contributed by atoms with Crippen molar-refractivity contribution in [2.45, 2.75) is 6.04 Å². The molecule has 0 saturated heterocycles. The van der Waals surface area contributed by atoms with Crippen LogP contribution in [0.3, 0.4) is 0 Å². The molecule has 118 valence electrons. The lowest BCUT2D eigenvalue weighted by Gasteiger charge is -2.26. The Kier molecular flexibility index (Phi) is 5.68. The second kappa shape index (κ2) is 7.71. The summed E-state index contributed by atoms with van der Waals surface area (Å²) in [5, 5.41) is 13.4. The van der Waals surface area contributed by atoms with E-state index in [-0.39, 0.29) is 12.1 Å². The van der Waals surface area contributed by atoms with E-state index in [0.717, 1.165) is 11.3 Å². The molecule has 0 aliphatic carbocycles. The molecule has 0 saturated carbocycles. The van der Waals surface area contributed by atoms with E-state index in [1.807, 2.05) is 43.3 Å². The van der Waals surface area contributed by atoms with Gasteiger partial charge in [0.15, 0.2) is 0 Å². The van der Waals surface area contributed by atoms with Gasteiger partial charge in [-0.2, -0.15) is 0 Å². The lowest BCUT2D eigenvalue weighted by molar-refractivity contribution is 0.242. The molecule has 0 bridgehead atoms. The summed E-state index contributed by atoms with van der Waals surface area (Å²) in [7, 11) is 5.56. The zero-order chi connectivity index (χ0) is 15.9. The highest BCUT2D eigenvalue weighted by molar-refractivity contribution is 7.13. The number of aromatic nitrogens is 2. The summed E-state index contributed by atoms with van der Waals surface area (Å²) in [5.41, 5.74) is 2.58. The molecule has 8 heteroatoms. The van der Waals surface area contributed by atoms with Crippen molar-refractivity contribution in [3.8, 4) is 5.75 Å². The number of para-hydroxylation sites is 1. The molecule has 1 atom stereocenters. The van der Waals surface area contributed by atoms with Crippen LogP contribution in [0.1, 0.15) is 11.6 Å². The third kappa shape index (κ3) is 4.15. The first-order valence-corrected chi connectivity index (χ1v) is 7.60. The van der Waals surface area contributed by atoms with Crippen molar-refractivity contribution in [1.82, 2.24) is 20.4 Å². The fourth-order valence-electron chi connectivity index (χ4n) is 2.07. The van der Waals surface area contributed by atoms with Crippen molar-refractivity contribution < 1.29 is 9.53 Å². The van der Waals surface area contributed by atoms with Gasteiger partial charge < -0.3 is 15.0 Å². The number of carbonyl (C=O) groups is 1. The summed E-state index contributed by atoms with van der Waals surface area (Å²) in [4.78, 5) is 13.9. The Hall–Kier alpha value is -2.19. The monoisotopic (exact) mass is 321 g/mol. The predicted molar refractivity (Wildman–Crippen MR) is 86.4 cm³/mol. The average Bonchev–Trinajstić information content (AvgIpc) is 3.00. The van der Waals surface area contributed by atoms with Gasteiger partial charge in [-0.15, -0.1) is 10.2 Å². The van der Waals surface area contributed by atoms with Crippen LogP contribution >= 0.6 is 11.3 Å². The molecule has 2 N–H and O–H groups in total. The zero-order valence-corrected chi connectivity index (χ0v) is 13.6. The first kappa shape index (κ1) is 16.2. The summed E-state index contributed by atoms with van der Waals surface area (Å²) < 4.78 is 5.40. The number of hydrogen-bond acceptors (Lipinski definition) is 6. The van der Waals surface area contributed by atoms with Crippen molar-refractivity contribution in [1.29, 1.82) is 0 Å². The van der Waals surface area contributed by atoms with E-state index in [2.05, 4.69) is 20.8 Å². The SMILES string of the molecule is COc1ccccc1C(CNC(=O)Nc1nncs1)N(C)C. The number of nitrogens with one attached hydrogen (secondary N) is 2. The minimum Gasteiger partial charge on any atom is -0.496 e. The summed E-state index contributed by atoms with van der Waals surface area (Å²) >= 11 is 1.27. The van der Waals surface area contributed by atoms with Crippen molar-refractivity contribution in [3.63, 3.8) is 0 Å². The lowest BCUT2D eigenvalue weighted by atomic mass is 10.0. The molecule has 0 fully saturated rings. The number of nitrogens with zero attached hydrogens (tertiary/aromatic N) is 3. The highest BCUT2D eigenvalue weighted by atomic mass is 32.1. The molecule has 22 heavy (non-hydrogen) atoms. The first-order valence-electron chi connectivity index (χ1n) is 6.72. The number of methoxy groups -OCH3 is 1. The third-order valence-electron chi connectivity index (χ3n) is 3.16. The van der Waals surface area contributed by atoms with E-state index in [0.29, 0.717) is 11.7 Å². The topological polar surface area (TPSA) is 79.4 Å². The Balaban J connectivity index is 2.01. The van der Waals surface area contributed by atoms with Gasteiger partial charge in [0, 0.05) is 12.1 Å². The molecule has 0 aliphatic rings. The second-order valence-electron chi connectivity index (χ2n) is 4.80. The minimum atomic E-state index is -0.307. The Labute approximate surface area is 133 Å². The largest absolute Gasteiger partial charge is 0.496 e. The van der Waals surface area contributed by atoms with Gasteiger partial charge in [0.2, 0.25) is 5.13 Å². The molecule has 0 spiro atoms. The molecule has 2 amide bonds. The van der Waals surface area contributed by atoms with Crippen molar-refractivity contribution in [3.05, 3.63) is 35.3 Å². The van der Waals surface area contributed by atoms with E-state index in [1.165, 1.54) is 11.3 Å². The van der Waals surface area contributed by atoms with Crippen LogP contribution in [0.5, 0.6) is 5.75 Å². The quantitative estimate of drug-likeness (QED) is 0.850. The van der Waals surface area contributed by atoms with Gasteiger partial charge in [0.1, 0.15) is 11.3 Å². The minimum absolute atomic E-state index is 0.00341. The fraction of sp³-hybridized carbons (Fsp3) is 0.357. The first-order chi connectivity index (χ1) is 10.6. The number of rotatable bonds is 6. The Bertz CT molecular complexity index is 603. The summed E-state index contributed by atoms with van der Waals surface area (Å²) in [6.45, 7) is 0.442. The molecule has 7 nitrogen and oxygen atoms in total. The smallest absolute Gasteiger partial charge is 0.321 e. The Morgan fingerprint density at radius 1 is 1.41 bits per heavy atom. The van der Waals surface area contributed by atoms with Gasteiger partial charge in [-0.25, -0.2) is 4.79 Å². The van der Waals surface area contributed by atoms with Crippen LogP contribution in [-0.4, -0.2) is 48.9 Å². The maximum atomic E-state index is 11.9. The molecule has 1 aromatic carbocycles. The standard InChI is InChI=1S/C14H19N5O2S/c1-19(2)11(10-6-4-5-7-12(10)21-3)8-15-13(20)17-14-18-16-9-22-14/h4-7,9,11H,8H2,1-3H3,(H2,15,17,18,20). The predicted octanol–water partition coefficient (Wildman–Crippen LogP) is 1.97. The molecule has 1 heterocycles. The summed E-state index contributed by atoms with van der Waals surface area (Å²) in [6.07, 6.45) is 0. The van der Waals surface area contributed by atoms with Gasteiger partial charge in [-0.1, -0.05) is 29.5 Å². The maximum absolute atomic E-state index is 11.9. The molecule has 2 rings (SSSR count). The van der Waals surface area contributed by atoms with Crippen molar-refractivity contribution in [2.75, 3.05) is 33.1 Å². The lowest BCUT2D eigenvalue weighted by Crippen LogP contribution is -2.37. The molecule has 0 radical (unpaired) electrons. The summed E-state index contributed by atoms with van der Waals surface area (Å²) in [5.74, 6) is 0.799. The Morgan fingerprint density at radius 2 is 2.18 bits per heavy atom. The molecule has 2 aromatic rings. The molecule has 0 aliphatic heterocycles. The normalized spacial score (nSPS) is 12.0. The van der Waals surface area contributed by atoms with E-state index < -0.39 is 0 Å². The van der Waals surface area contributed by atoms with Crippen LogP contribution in [0, 0.1) is 0 Å². The van der Waals surface area contributed by atoms with Gasteiger partial charge in [-0.05, 0) is 20.2 Å². The number of likely N-dealkylation sites (N-methyl/N-ethyl adjacent to an activating group) is 1. The van der Waals surface area contributed by atoms with Crippen LogP contribution < -0.4 is 15.4 Å². The number of benzene rings is 1. The van der Waals surface area contributed by atoms with Gasteiger partial charge in [-0.3, -0.25) is 5.32 Å². The second-order valence-corrected chi connectivity index (χ2v) is 5.63. The number of carbonyl (C=O) groups excluding carboxylic acids is 1. The fourth-order valence-corrected chi connectivity index (χ4v) is 2.51. The van der Waals surface area contributed by atoms with E-state index >= 15 is 0 Å². The van der Waals surface area contributed by atoms with Crippen LogP contribution in [-0.2, 0) is 0 Å². The highest BCUT2D eigenvalue weighted by Crippen LogP contribution is 2.27. The van der Waals surface area contributed by atoms with Crippen LogP contribution in [0.4, 0.5) is 9.93 Å². The van der Waals surface area contributed by atoms with Crippen molar-refractivity contribution >= 4 is 22.5 Å². The third-order valence-corrected chi connectivity index (χ3v) is 3.76. The number of urea groups is 1. The van der Waals surface area contributed by atoms with Gasteiger partial charge in [0.25, 0.3) is 0 Å². The van der Waals surface area contributed by atoms with Gasteiger partial charge in [0.05, 0.1) is 13.2 Å². The van der Waals surface area contributed by atoms with Gasteiger partial charge >= 0.3 is 6.03 Å². The maximum Gasteiger partial charge on any atom is 0.321 e. The molecule has 1 unspecified atom stereocenters. The number of hydrogen-bond donors (Lipinski definition) is 2. The number of ether oxygens (including phenoxy) is 1. The molecule has 1 aromatic heterocycles.